The number of phenols is 2. The quantitative estimate of drug-likeness (QED) is 0.267. The average molecular weight is 383 g/mol. The summed E-state index contributed by atoms with van der Waals surface area (Å²) in [4.78, 5) is 19.1. The summed E-state index contributed by atoms with van der Waals surface area (Å²) in [6, 6.07) is 4.53. The van der Waals surface area contributed by atoms with Crippen LogP contribution in [-0.4, -0.2) is 50.1 Å². The molecule has 0 unspecified atom stereocenters. The van der Waals surface area contributed by atoms with Crippen LogP contribution in [0, 0.1) is 0 Å². The SMILES string of the molecule is CCCCC[C@@H](C)NC[C@H](O)c1cc(O)cc(O)c1.O=C(O)/C=C/C(=O)O. The summed E-state index contributed by atoms with van der Waals surface area (Å²) in [5, 5.41) is 47.6. The molecule has 0 aliphatic heterocycles. The smallest absolute Gasteiger partial charge is 0.328 e. The highest BCUT2D eigenvalue weighted by atomic mass is 16.4. The predicted octanol–water partition coefficient (Wildman–Crippen LogP) is 2.40. The Morgan fingerprint density at radius 1 is 1.04 bits per heavy atom. The molecule has 0 aliphatic carbocycles. The molecule has 1 aromatic carbocycles. The highest BCUT2D eigenvalue weighted by Gasteiger charge is 2.11. The molecule has 27 heavy (non-hydrogen) atoms. The van der Waals surface area contributed by atoms with Crippen molar-refractivity contribution in [2.75, 3.05) is 6.54 Å². The zero-order chi connectivity index (χ0) is 20.8. The molecule has 0 bridgehead atoms. The summed E-state index contributed by atoms with van der Waals surface area (Å²) >= 11 is 0. The molecule has 0 heterocycles. The van der Waals surface area contributed by atoms with Crippen molar-refractivity contribution in [3.8, 4) is 11.5 Å². The van der Waals surface area contributed by atoms with E-state index in [9.17, 15) is 24.9 Å². The number of rotatable bonds is 10. The van der Waals surface area contributed by atoms with Crippen molar-refractivity contribution in [2.45, 2.75) is 51.7 Å². The molecule has 8 heteroatoms. The van der Waals surface area contributed by atoms with Crippen LogP contribution in [0.4, 0.5) is 0 Å². The number of phenolic OH excluding ortho intramolecular Hbond substituents is 2. The lowest BCUT2D eigenvalue weighted by atomic mass is 10.1. The highest BCUT2D eigenvalue weighted by Crippen LogP contribution is 2.24. The summed E-state index contributed by atoms with van der Waals surface area (Å²) in [6.45, 7) is 4.69. The van der Waals surface area contributed by atoms with Gasteiger partial charge in [-0.1, -0.05) is 26.2 Å². The minimum Gasteiger partial charge on any atom is -0.508 e. The number of benzene rings is 1. The molecule has 1 rings (SSSR count). The maximum Gasteiger partial charge on any atom is 0.328 e. The van der Waals surface area contributed by atoms with Gasteiger partial charge in [-0.2, -0.15) is 0 Å². The number of hydrogen-bond acceptors (Lipinski definition) is 6. The second-order valence-electron chi connectivity index (χ2n) is 6.11. The maximum absolute atomic E-state index is 10.0. The highest BCUT2D eigenvalue weighted by molar-refractivity contribution is 5.89. The fraction of sp³-hybridized carbons (Fsp3) is 0.474. The van der Waals surface area contributed by atoms with E-state index in [2.05, 4.69) is 19.2 Å². The van der Waals surface area contributed by atoms with E-state index < -0.39 is 18.0 Å². The van der Waals surface area contributed by atoms with E-state index in [1.165, 1.54) is 37.5 Å². The summed E-state index contributed by atoms with van der Waals surface area (Å²) < 4.78 is 0. The molecule has 0 aliphatic rings. The zero-order valence-corrected chi connectivity index (χ0v) is 15.6. The average Bonchev–Trinajstić information content (AvgIpc) is 2.58. The molecule has 0 saturated carbocycles. The van der Waals surface area contributed by atoms with E-state index in [4.69, 9.17) is 10.2 Å². The van der Waals surface area contributed by atoms with Crippen molar-refractivity contribution >= 4 is 11.9 Å². The summed E-state index contributed by atoms with van der Waals surface area (Å²) in [5.74, 6) is -2.59. The van der Waals surface area contributed by atoms with Crippen molar-refractivity contribution in [3.05, 3.63) is 35.9 Å². The second-order valence-corrected chi connectivity index (χ2v) is 6.11. The fourth-order valence-electron chi connectivity index (χ4n) is 2.19. The largest absolute Gasteiger partial charge is 0.508 e. The first-order chi connectivity index (χ1) is 12.6. The number of hydrogen-bond donors (Lipinski definition) is 6. The third-order valence-electron chi connectivity index (χ3n) is 3.58. The van der Waals surface area contributed by atoms with Crippen LogP contribution in [0.15, 0.2) is 30.4 Å². The van der Waals surface area contributed by atoms with Crippen LogP contribution in [0.5, 0.6) is 11.5 Å². The molecule has 0 amide bonds. The number of aromatic hydroxyl groups is 2. The summed E-state index contributed by atoms with van der Waals surface area (Å²) in [7, 11) is 0. The van der Waals surface area contributed by atoms with E-state index in [1.807, 2.05) is 0 Å². The van der Waals surface area contributed by atoms with E-state index in [0.717, 1.165) is 6.42 Å². The van der Waals surface area contributed by atoms with Crippen LogP contribution in [0.1, 0.15) is 51.2 Å². The van der Waals surface area contributed by atoms with Crippen molar-refractivity contribution in [1.29, 1.82) is 0 Å². The van der Waals surface area contributed by atoms with Crippen molar-refractivity contribution in [1.82, 2.24) is 5.32 Å². The molecular formula is C19H29NO7. The Hall–Kier alpha value is -2.58. The molecule has 0 saturated heterocycles. The fourth-order valence-corrected chi connectivity index (χ4v) is 2.19. The van der Waals surface area contributed by atoms with E-state index in [-0.39, 0.29) is 11.5 Å². The van der Waals surface area contributed by atoms with Crippen molar-refractivity contribution in [3.63, 3.8) is 0 Å². The standard InChI is InChI=1S/C15H25NO3.C4H4O4/c1-3-4-5-6-11(2)16-10-15(19)12-7-13(17)9-14(18)8-12;5-3(6)1-2-4(7)8/h7-9,11,15-19H,3-6,10H2,1-2H3;1-2H,(H,5,6)(H,7,8)/b;2-1+/t11-,15+;/m1./s1. The Bertz CT molecular complexity index is 580. The lowest BCUT2D eigenvalue weighted by Gasteiger charge is -2.17. The van der Waals surface area contributed by atoms with Gasteiger partial charge >= 0.3 is 11.9 Å². The number of aliphatic carboxylic acids is 2. The number of carbonyl (C=O) groups is 2. The third-order valence-corrected chi connectivity index (χ3v) is 3.58. The van der Waals surface area contributed by atoms with Gasteiger partial charge < -0.3 is 30.8 Å². The molecule has 0 fully saturated rings. The topological polar surface area (TPSA) is 147 Å². The first kappa shape index (κ1) is 24.4. The predicted molar refractivity (Wildman–Crippen MR) is 101 cm³/mol. The number of nitrogens with one attached hydrogen (secondary N) is 1. The molecule has 2 atom stereocenters. The van der Waals surface area contributed by atoms with Gasteiger partial charge in [-0.3, -0.25) is 0 Å². The van der Waals surface area contributed by atoms with Crippen LogP contribution in [0.25, 0.3) is 0 Å². The zero-order valence-electron chi connectivity index (χ0n) is 15.6. The normalized spacial score (nSPS) is 12.9. The first-order valence-electron chi connectivity index (χ1n) is 8.74. The minimum absolute atomic E-state index is 0.0370. The lowest BCUT2D eigenvalue weighted by molar-refractivity contribution is -0.134. The molecule has 6 N–H and O–H groups in total. The van der Waals surface area contributed by atoms with E-state index in [0.29, 0.717) is 30.3 Å². The number of carboxylic acids is 2. The van der Waals surface area contributed by atoms with Gasteiger partial charge in [0.05, 0.1) is 6.10 Å². The van der Waals surface area contributed by atoms with Crippen LogP contribution in [0.2, 0.25) is 0 Å². The number of unbranched alkanes of at least 4 members (excludes halogenated alkanes) is 2. The maximum atomic E-state index is 10.0. The minimum atomic E-state index is -1.26. The van der Waals surface area contributed by atoms with Gasteiger partial charge in [0.25, 0.3) is 0 Å². The summed E-state index contributed by atoms with van der Waals surface area (Å²) in [5.41, 5.74) is 0.519. The monoisotopic (exact) mass is 383 g/mol. The van der Waals surface area contributed by atoms with Crippen LogP contribution in [0.3, 0.4) is 0 Å². The Morgan fingerprint density at radius 2 is 1.56 bits per heavy atom. The Morgan fingerprint density at radius 3 is 2.00 bits per heavy atom. The van der Waals surface area contributed by atoms with Crippen LogP contribution in [-0.2, 0) is 9.59 Å². The van der Waals surface area contributed by atoms with Gasteiger partial charge in [0.1, 0.15) is 11.5 Å². The van der Waals surface area contributed by atoms with Gasteiger partial charge in [-0.15, -0.1) is 0 Å². The number of carboxylic acid groups (broad SMARTS) is 2. The van der Waals surface area contributed by atoms with Gasteiger partial charge in [-0.25, -0.2) is 9.59 Å². The molecular weight excluding hydrogens is 354 g/mol. The third kappa shape index (κ3) is 13.3. The van der Waals surface area contributed by atoms with Gasteiger partial charge in [0.2, 0.25) is 0 Å². The second kappa shape index (κ2) is 13.6. The van der Waals surface area contributed by atoms with E-state index >= 15 is 0 Å². The molecule has 1 aromatic rings. The summed E-state index contributed by atoms with van der Waals surface area (Å²) in [6.07, 6.45) is 5.10. The Labute approximate surface area is 158 Å². The van der Waals surface area contributed by atoms with Gasteiger partial charge in [0.15, 0.2) is 0 Å². The molecule has 152 valence electrons. The molecule has 0 radical (unpaired) electrons. The first-order valence-corrected chi connectivity index (χ1v) is 8.74. The molecule has 0 spiro atoms. The Kier molecular flexibility index (Phi) is 12.3. The van der Waals surface area contributed by atoms with E-state index in [1.54, 1.807) is 0 Å². The van der Waals surface area contributed by atoms with Crippen LogP contribution < -0.4 is 5.32 Å². The number of aliphatic hydroxyl groups excluding tert-OH is 1. The van der Waals surface area contributed by atoms with Crippen molar-refractivity contribution in [2.24, 2.45) is 0 Å². The molecule has 8 nitrogen and oxygen atoms in total. The molecule has 0 aromatic heterocycles. The Balaban J connectivity index is 0.000000713. The van der Waals surface area contributed by atoms with Crippen LogP contribution >= 0.6 is 0 Å². The van der Waals surface area contributed by atoms with Gasteiger partial charge in [0, 0.05) is 30.8 Å². The van der Waals surface area contributed by atoms with Gasteiger partial charge in [-0.05, 0) is 31.0 Å². The number of aliphatic hydroxyl groups is 1. The van der Waals surface area contributed by atoms with Crippen molar-refractivity contribution < 1.29 is 35.1 Å². The lowest BCUT2D eigenvalue weighted by Crippen LogP contribution is -2.30.